The van der Waals surface area contributed by atoms with Gasteiger partial charge >= 0.3 is 0 Å². The van der Waals surface area contributed by atoms with Gasteiger partial charge in [-0.05, 0) is 52.6 Å². The first-order valence-electron chi connectivity index (χ1n) is 16.7. The third-order valence-electron chi connectivity index (χ3n) is 10.7. The van der Waals surface area contributed by atoms with Crippen LogP contribution >= 0.6 is 0 Å². The van der Waals surface area contributed by atoms with Crippen molar-refractivity contribution in [1.29, 1.82) is 0 Å². The van der Waals surface area contributed by atoms with Crippen molar-refractivity contribution in [1.82, 2.24) is 9.97 Å². The minimum atomic E-state index is -0.191. The maximum atomic E-state index is 7.01. The van der Waals surface area contributed by atoms with Crippen molar-refractivity contribution in [3.05, 3.63) is 145 Å². The molecule has 1 aliphatic carbocycles. The molecular weight excluding hydrogens is 601 g/mol. The van der Waals surface area contributed by atoms with Gasteiger partial charge in [-0.1, -0.05) is 111 Å². The second-order valence-corrected chi connectivity index (χ2v) is 13.7. The van der Waals surface area contributed by atoms with Crippen LogP contribution in [0.25, 0.3) is 99.2 Å². The van der Waals surface area contributed by atoms with Crippen molar-refractivity contribution in [3.8, 4) is 33.5 Å². The lowest BCUT2D eigenvalue weighted by atomic mass is 9.81. The zero-order valence-electron chi connectivity index (χ0n) is 26.9. The molecule has 6 aromatic carbocycles. The monoisotopic (exact) mass is 628 g/mol. The molecule has 4 heterocycles. The van der Waals surface area contributed by atoms with E-state index in [1.165, 1.54) is 22.3 Å². The highest BCUT2D eigenvalue weighted by Gasteiger charge is 2.39. The Morgan fingerprint density at radius 3 is 2.08 bits per heavy atom. The second-order valence-electron chi connectivity index (χ2n) is 13.7. The maximum Gasteiger partial charge on any atom is 0.144 e. The molecule has 0 atom stereocenters. The number of nitrogens with zero attached hydrogens (tertiary/aromatic N) is 2. The standard InChI is InChI=1S/C45H28N2O2/c1-45(2)34-17-5-3-11-30(34)39-35(45)24-33(38-32-12-4-6-18-37(32)48-44(38)39)29-15-7-13-27-28-14-8-16-31(43(28)49-42(27)29)36-22-21-26-20-19-25-10-9-23-46-40(25)41(26)47-36/h3-24H,1-2H3. The number of para-hydroxylation sites is 3. The van der Waals surface area contributed by atoms with Gasteiger partial charge in [0.25, 0.3) is 0 Å². The van der Waals surface area contributed by atoms with Gasteiger partial charge in [0.15, 0.2) is 0 Å². The first-order valence-corrected chi connectivity index (χ1v) is 16.7. The molecule has 4 heteroatoms. The van der Waals surface area contributed by atoms with Crippen LogP contribution < -0.4 is 0 Å². The van der Waals surface area contributed by atoms with Gasteiger partial charge in [0.05, 0.1) is 16.7 Å². The summed E-state index contributed by atoms with van der Waals surface area (Å²) in [6.45, 7) is 4.64. The number of hydrogen-bond donors (Lipinski definition) is 0. The molecule has 0 radical (unpaired) electrons. The molecule has 0 N–H and O–H groups in total. The molecule has 0 spiro atoms. The largest absolute Gasteiger partial charge is 0.455 e. The number of benzene rings is 6. The van der Waals surface area contributed by atoms with E-state index < -0.39 is 0 Å². The molecule has 4 nitrogen and oxygen atoms in total. The van der Waals surface area contributed by atoms with Gasteiger partial charge in [-0.15, -0.1) is 0 Å². The lowest BCUT2D eigenvalue weighted by Gasteiger charge is -2.22. The van der Waals surface area contributed by atoms with Crippen molar-refractivity contribution in [2.45, 2.75) is 19.3 Å². The summed E-state index contributed by atoms with van der Waals surface area (Å²) < 4.78 is 13.8. The Hall–Kier alpha value is -6.26. The number of furan rings is 2. The van der Waals surface area contributed by atoms with Crippen LogP contribution in [0, 0.1) is 0 Å². The lowest BCUT2D eigenvalue weighted by Crippen LogP contribution is -2.15. The number of aromatic nitrogens is 2. The van der Waals surface area contributed by atoms with Crippen molar-refractivity contribution < 1.29 is 8.83 Å². The lowest BCUT2D eigenvalue weighted by molar-refractivity contribution is 0.653. The first kappa shape index (κ1) is 26.8. The van der Waals surface area contributed by atoms with Gasteiger partial charge in [0.2, 0.25) is 0 Å². The van der Waals surface area contributed by atoms with E-state index in [1.54, 1.807) is 0 Å². The Morgan fingerprint density at radius 2 is 1.20 bits per heavy atom. The number of fused-ring (bicyclic) bond motifs is 13. The Labute approximate surface area is 281 Å². The number of pyridine rings is 2. The normalized spacial score (nSPS) is 13.7. The van der Waals surface area contributed by atoms with E-state index in [-0.39, 0.29) is 5.41 Å². The molecule has 0 unspecified atom stereocenters. The minimum Gasteiger partial charge on any atom is -0.455 e. The summed E-state index contributed by atoms with van der Waals surface area (Å²) >= 11 is 0. The third-order valence-corrected chi connectivity index (χ3v) is 10.7. The van der Waals surface area contributed by atoms with Gasteiger partial charge in [-0.25, -0.2) is 4.98 Å². The van der Waals surface area contributed by atoms with Crippen LogP contribution in [0.4, 0.5) is 0 Å². The molecule has 0 saturated heterocycles. The summed E-state index contributed by atoms with van der Waals surface area (Å²) in [5, 5.41) is 6.50. The highest BCUT2D eigenvalue weighted by Crippen LogP contribution is 2.55. The molecule has 0 fully saturated rings. The van der Waals surface area contributed by atoms with Crippen molar-refractivity contribution in [2.75, 3.05) is 0 Å². The van der Waals surface area contributed by atoms with E-state index in [0.717, 1.165) is 88.1 Å². The van der Waals surface area contributed by atoms with Crippen LogP contribution in [-0.4, -0.2) is 9.97 Å². The second kappa shape index (κ2) is 9.42. The number of rotatable bonds is 2. The SMILES string of the molecule is CC1(C)c2ccccc2-c2c1cc(-c1cccc3c1oc1c(-c4ccc5ccc6cccnc6c5n4)cccc13)c1c2oc2ccccc21. The topological polar surface area (TPSA) is 52.1 Å². The molecule has 1 aliphatic rings. The summed E-state index contributed by atoms with van der Waals surface area (Å²) in [6.07, 6.45) is 1.83. The molecule has 0 aliphatic heterocycles. The van der Waals surface area contributed by atoms with Crippen LogP contribution in [0.2, 0.25) is 0 Å². The van der Waals surface area contributed by atoms with Crippen LogP contribution in [-0.2, 0) is 5.41 Å². The molecule has 0 saturated carbocycles. The third kappa shape index (κ3) is 3.53. The van der Waals surface area contributed by atoms with Crippen molar-refractivity contribution >= 4 is 65.7 Å². The van der Waals surface area contributed by atoms with E-state index in [4.69, 9.17) is 13.8 Å². The average molecular weight is 629 g/mol. The smallest absolute Gasteiger partial charge is 0.144 e. The molecule has 0 bridgehead atoms. The Kier molecular flexibility index (Phi) is 5.15. The molecule has 49 heavy (non-hydrogen) atoms. The molecule has 0 amide bonds. The van der Waals surface area contributed by atoms with Gasteiger partial charge in [-0.3, -0.25) is 4.98 Å². The minimum absolute atomic E-state index is 0.191. The predicted molar refractivity (Wildman–Crippen MR) is 200 cm³/mol. The Balaban J connectivity index is 1.21. The fraction of sp³-hybridized carbons (Fsp3) is 0.0667. The van der Waals surface area contributed by atoms with E-state index in [0.29, 0.717) is 0 Å². The maximum absolute atomic E-state index is 7.01. The summed E-state index contributed by atoms with van der Waals surface area (Å²) in [6, 6.07) is 44.9. The molecule has 10 aromatic rings. The van der Waals surface area contributed by atoms with E-state index in [2.05, 4.69) is 134 Å². The zero-order valence-corrected chi connectivity index (χ0v) is 26.9. The average Bonchev–Trinajstić information content (AvgIpc) is 3.79. The van der Waals surface area contributed by atoms with Crippen molar-refractivity contribution in [3.63, 3.8) is 0 Å². The van der Waals surface area contributed by atoms with Crippen LogP contribution in [0.15, 0.2) is 142 Å². The van der Waals surface area contributed by atoms with Gasteiger partial charge in [-0.2, -0.15) is 0 Å². The summed E-state index contributed by atoms with van der Waals surface area (Å²) in [7, 11) is 0. The van der Waals surface area contributed by atoms with Crippen LogP contribution in [0.1, 0.15) is 25.0 Å². The molecule has 230 valence electrons. The van der Waals surface area contributed by atoms with Gasteiger partial charge in [0.1, 0.15) is 22.3 Å². The molecule has 11 rings (SSSR count). The fourth-order valence-corrected chi connectivity index (χ4v) is 8.37. The van der Waals surface area contributed by atoms with Gasteiger partial charge in [0, 0.05) is 60.6 Å². The first-order chi connectivity index (χ1) is 24.1. The summed E-state index contributed by atoms with van der Waals surface area (Å²) in [4.78, 5) is 9.87. The zero-order chi connectivity index (χ0) is 32.4. The summed E-state index contributed by atoms with van der Waals surface area (Å²) in [5.74, 6) is 0. The summed E-state index contributed by atoms with van der Waals surface area (Å²) in [5.41, 5.74) is 14.1. The molecular formula is C45H28N2O2. The highest BCUT2D eigenvalue weighted by molar-refractivity contribution is 6.21. The Morgan fingerprint density at radius 1 is 0.510 bits per heavy atom. The van der Waals surface area contributed by atoms with Crippen molar-refractivity contribution in [2.24, 2.45) is 0 Å². The highest BCUT2D eigenvalue weighted by atomic mass is 16.3. The van der Waals surface area contributed by atoms with Gasteiger partial charge < -0.3 is 8.83 Å². The van der Waals surface area contributed by atoms with Crippen LogP contribution in [0.5, 0.6) is 0 Å². The quantitative estimate of drug-likeness (QED) is 0.179. The predicted octanol–water partition coefficient (Wildman–Crippen LogP) is 12.2. The van der Waals surface area contributed by atoms with E-state index in [1.807, 2.05) is 18.3 Å². The fourth-order valence-electron chi connectivity index (χ4n) is 8.37. The van der Waals surface area contributed by atoms with Crippen LogP contribution in [0.3, 0.4) is 0 Å². The number of hydrogen-bond acceptors (Lipinski definition) is 4. The van der Waals surface area contributed by atoms with E-state index in [9.17, 15) is 0 Å². The molecule has 4 aromatic heterocycles. The Bertz CT molecular complexity index is 3030. The van der Waals surface area contributed by atoms with E-state index >= 15 is 0 Å².